The van der Waals surface area contributed by atoms with Gasteiger partial charge in [0.15, 0.2) is 0 Å². The monoisotopic (exact) mass is 257 g/mol. The van der Waals surface area contributed by atoms with E-state index in [2.05, 4.69) is 14.9 Å². The number of aliphatic hydroxyl groups is 1. The smallest absolute Gasteiger partial charge is 0.246 e. The molecule has 0 saturated heterocycles. The molecule has 0 unspecified atom stereocenters. The van der Waals surface area contributed by atoms with Gasteiger partial charge in [-0.2, -0.15) is 0 Å². The third-order valence-electron chi connectivity index (χ3n) is 2.74. The molecule has 1 N–H and O–H groups in total. The van der Waals surface area contributed by atoms with Crippen molar-refractivity contribution in [2.45, 2.75) is 18.1 Å². The van der Waals surface area contributed by atoms with Crippen LogP contribution in [0.25, 0.3) is 0 Å². The largest absolute Gasteiger partial charge is 0.395 e. The minimum Gasteiger partial charge on any atom is -0.395 e. The van der Waals surface area contributed by atoms with Crippen LogP contribution in [0.1, 0.15) is 11.3 Å². The van der Waals surface area contributed by atoms with Crippen LogP contribution in [0, 0.1) is 0 Å². The SMILES string of the molecule is CS(=O)(=O)c1ncc2c(n1)CCN(CCO)C2. The summed E-state index contributed by atoms with van der Waals surface area (Å²) in [6.07, 6.45) is 3.37. The molecule has 0 bridgehead atoms. The van der Waals surface area contributed by atoms with Gasteiger partial charge in [-0.15, -0.1) is 0 Å². The first-order valence-electron chi connectivity index (χ1n) is 5.39. The molecule has 1 aromatic heterocycles. The molecule has 1 aliphatic rings. The number of rotatable bonds is 3. The summed E-state index contributed by atoms with van der Waals surface area (Å²) in [7, 11) is -3.34. The van der Waals surface area contributed by atoms with Crippen LogP contribution >= 0.6 is 0 Å². The number of hydrogen-bond acceptors (Lipinski definition) is 6. The normalized spacial score (nSPS) is 16.8. The molecule has 0 atom stereocenters. The molecule has 2 heterocycles. The molecule has 0 spiro atoms. The lowest BCUT2D eigenvalue weighted by Crippen LogP contribution is -2.33. The van der Waals surface area contributed by atoms with Gasteiger partial charge < -0.3 is 5.11 Å². The van der Waals surface area contributed by atoms with Crippen molar-refractivity contribution in [1.29, 1.82) is 0 Å². The molecule has 0 fully saturated rings. The average Bonchev–Trinajstić information content (AvgIpc) is 2.27. The van der Waals surface area contributed by atoms with Crippen LogP contribution in [0.3, 0.4) is 0 Å². The number of hydrogen-bond donors (Lipinski definition) is 1. The number of β-amino-alcohol motifs (C(OH)–C–C–N with tert-alkyl or cyclic N) is 1. The minimum atomic E-state index is -3.34. The quantitative estimate of drug-likeness (QED) is 0.716. The van der Waals surface area contributed by atoms with Crippen LogP contribution in [0.5, 0.6) is 0 Å². The van der Waals surface area contributed by atoms with Crippen LogP contribution in [0.2, 0.25) is 0 Å². The zero-order chi connectivity index (χ0) is 12.5. The van der Waals surface area contributed by atoms with Crippen LogP contribution in [-0.4, -0.2) is 54.3 Å². The highest BCUT2D eigenvalue weighted by Crippen LogP contribution is 2.17. The predicted molar refractivity (Wildman–Crippen MR) is 61.2 cm³/mol. The molecule has 0 aromatic carbocycles. The summed E-state index contributed by atoms with van der Waals surface area (Å²) >= 11 is 0. The fourth-order valence-corrected chi connectivity index (χ4v) is 2.39. The van der Waals surface area contributed by atoms with Crippen molar-refractivity contribution >= 4 is 9.84 Å². The van der Waals surface area contributed by atoms with Crippen molar-refractivity contribution in [2.75, 3.05) is 26.0 Å². The molecular weight excluding hydrogens is 242 g/mol. The molecule has 1 aliphatic heterocycles. The molecule has 94 valence electrons. The maximum absolute atomic E-state index is 11.3. The first-order valence-corrected chi connectivity index (χ1v) is 7.28. The first-order chi connectivity index (χ1) is 8.00. The van der Waals surface area contributed by atoms with E-state index in [1.807, 2.05) is 0 Å². The Morgan fingerprint density at radius 3 is 2.94 bits per heavy atom. The fourth-order valence-electron chi connectivity index (χ4n) is 1.87. The zero-order valence-electron chi connectivity index (χ0n) is 9.63. The van der Waals surface area contributed by atoms with Crippen molar-refractivity contribution in [1.82, 2.24) is 14.9 Å². The molecular formula is C10H15N3O3S. The number of sulfone groups is 1. The van der Waals surface area contributed by atoms with Gasteiger partial charge in [0.2, 0.25) is 15.0 Å². The van der Waals surface area contributed by atoms with Gasteiger partial charge in [-0.05, 0) is 0 Å². The van der Waals surface area contributed by atoms with E-state index < -0.39 is 9.84 Å². The minimum absolute atomic E-state index is 0.105. The molecule has 1 aromatic rings. The topological polar surface area (TPSA) is 83.4 Å². The average molecular weight is 257 g/mol. The molecule has 0 amide bonds. The van der Waals surface area contributed by atoms with Gasteiger partial charge in [-0.3, -0.25) is 4.90 Å². The molecule has 17 heavy (non-hydrogen) atoms. The van der Waals surface area contributed by atoms with Crippen molar-refractivity contribution < 1.29 is 13.5 Å². The highest BCUT2D eigenvalue weighted by Gasteiger charge is 2.20. The van der Waals surface area contributed by atoms with Crippen LogP contribution < -0.4 is 0 Å². The zero-order valence-corrected chi connectivity index (χ0v) is 10.4. The third-order valence-corrected chi connectivity index (χ3v) is 3.60. The summed E-state index contributed by atoms with van der Waals surface area (Å²) in [5.41, 5.74) is 1.74. The van der Waals surface area contributed by atoms with Crippen molar-refractivity contribution in [3.05, 3.63) is 17.5 Å². The fraction of sp³-hybridized carbons (Fsp3) is 0.600. The molecule has 6 nitrogen and oxygen atoms in total. The lowest BCUT2D eigenvalue weighted by atomic mass is 10.1. The number of nitrogens with zero attached hydrogens (tertiary/aromatic N) is 3. The Kier molecular flexibility index (Phi) is 3.41. The maximum Gasteiger partial charge on any atom is 0.246 e. The van der Waals surface area contributed by atoms with Crippen LogP contribution in [0.4, 0.5) is 0 Å². The van der Waals surface area contributed by atoms with Crippen molar-refractivity contribution in [3.8, 4) is 0 Å². The van der Waals surface area contributed by atoms with E-state index in [0.717, 1.165) is 24.1 Å². The second kappa shape index (κ2) is 4.67. The van der Waals surface area contributed by atoms with E-state index in [4.69, 9.17) is 5.11 Å². The highest BCUT2D eigenvalue weighted by molar-refractivity contribution is 7.90. The van der Waals surface area contributed by atoms with Crippen LogP contribution in [0.15, 0.2) is 11.4 Å². The standard InChI is InChI=1S/C10H15N3O3S/c1-17(15,16)10-11-6-8-7-13(4-5-14)3-2-9(8)12-10/h6,14H,2-5,7H2,1H3. The molecule has 2 rings (SSSR count). The lowest BCUT2D eigenvalue weighted by molar-refractivity contribution is 0.183. The van der Waals surface area contributed by atoms with E-state index in [1.165, 1.54) is 0 Å². The summed E-state index contributed by atoms with van der Waals surface area (Å²) in [5, 5.41) is 8.76. The molecule has 7 heteroatoms. The lowest BCUT2D eigenvalue weighted by Gasteiger charge is -2.27. The van der Waals surface area contributed by atoms with E-state index in [9.17, 15) is 8.42 Å². The van der Waals surface area contributed by atoms with Gasteiger partial charge in [0.25, 0.3) is 0 Å². The Balaban J connectivity index is 2.26. The van der Waals surface area contributed by atoms with E-state index in [1.54, 1.807) is 6.20 Å². The van der Waals surface area contributed by atoms with Gasteiger partial charge in [-0.25, -0.2) is 18.4 Å². The van der Waals surface area contributed by atoms with Crippen molar-refractivity contribution in [3.63, 3.8) is 0 Å². The van der Waals surface area contributed by atoms with Gasteiger partial charge in [0.05, 0.1) is 12.3 Å². The Morgan fingerprint density at radius 1 is 1.53 bits per heavy atom. The van der Waals surface area contributed by atoms with E-state index in [-0.39, 0.29) is 11.8 Å². The van der Waals surface area contributed by atoms with Gasteiger partial charge in [0.1, 0.15) is 0 Å². The summed E-state index contributed by atoms with van der Waals surface area (Å²) in [6.45, 7) is 2.19. The number of aromatic nitrogens is 2. The van der Waals surface area contributed by atoms with E-state index in [0.29, 0.717) is 19.5 Å². The summed E-state index contributed by atoms with van der Waals surface area (Å²) in [5.74, 6) is 0. The van der Waals surface area contributed by atoms with E-state index >= 15 is 0 Å². The summed E-state index contributed by atoms with van der Waals surface area (Å²) in [6, 6.07) is 0. The molecule has 0 aliphatic carbocycles. The second-order valence-electron chi connectivity index (χ2n) is 4.15. The maximum atomic E-state index is 11.3. The van der Waals surface area contributed by atoms with Crippen LogP contribution in [-0.2, 0) is 22.8 Å². The van der Waals surface area contributed by atoms with Gasteiger partial charge >= 0.3 is 0 Å². The Labute approximate surface area is 100 Å². The summed E-state index contributed by atoms with van der Waals surface area (Å²) in [4.78, 5) is 10.0. The number of aliphatic hydroxyl groups excluding tert-OH is 1. The summed E-state index contributed by atoms with van der Waals surface area (Å²) < 4.78 is 22.6. The Hall–Kier alpha value is -1.05. The Morgan fingerprint density at radius 2 is 2.29 bits per heavy atom. The van der Waals surface area contributed by atoms with Gasteiger partial charge in [-0.1, -0.05) is 0 Å². The second-order valence-corrected chi connectivity index (χ2v) is 6.06. The Bertz CT molecular complexity index is 516. The highest BCUT2D eigenvalue weighted by atomic mass is 32.2. The number of fused-ring (bicyclic) bond motifs is 1. The predicted octanol–water partition coefficient (Wildman–Crippen LogP) is -0.769. The molecule has 0 radical (unpaired) electrons. The van der Waals surface area contributed by atoms with Crippen molar-refractivity contribution in [2.24, 2.45) is 0 Å². The molecule has 0 saturated carbocycles. The first kappa shape index (κ1) is 12.4. The third kappa shape index (κ3) is 2.80. The van der Waals surface area contributed by atoms with Gasteiger partial charge in [0, 0.05) is 44.1 Å².